The Bertz CT molecular complexity index is 796. The van der Waals surface area contributed by atoms with Crippen LogP contribution in [0.15, 0.2) is 41.0 Å². The van der Waals surface area contributed by atoms with Crippen molar-refractivity contribution >= 4 is 12.0 Å². The van der Waals surface area contributed by atoms with Crippen molar-refractivity contribution in [3.05, 3.63) is 47.9 Å². The zero-order valence-electron chi connectivity index (χ0n) is 16.8. The Hall–Kier alpha value is -2.34. The molecule has 2 aliphatic rings. The highest BCUT2D eigenvalue weighted by molar-refractivity contribution is 5.87. The Balaban J connectivity index is 1.42. The lowest BCUT2D eigenvalue weighted by Crippen LogP contribution is -2.50. The molecule has 2 fully saturated rings. The van der Waals surface area contributed by atoms with E-state index in [1.807, 2.05) is 0 Å². The quantitative estimate of drug-likeness (QED) is 0.753. The van der Waals surface area contributed by atoms with E-state index in [1.54, 1.807) is 6.92 Å². The van der Waals surface area contributed by atoms with Gasteiger partial charge >= 0.3 is 5.97 Å². The molecule has 0 aliphatic carbocycles. The SMILES string of the molecule is CCOC(=O)c1coc(N2CCC3(CC2)CC(c2ccccc2)CN(C)C3)n1. The average molecular weight is 383 g/mol. The molecule has 2 aliphatic heterocycles. The van der Waals surface area contributed by atoms with Crippen LogP contribution in [0, 0.1) is 5.41 Å². The molecule has 0 bridgehead atoms. The van der Waals surface area contributed by atoms with Crippen molar-refractivity contribution in [2.75, 3.05) is 44.7 Å². The molecule has 0 amide bonds. The molecule has 0 saturated carbocycles. The fourth-order valence-corrected chi connectivity index (χ4v) is 4.86. The molecule has 1 aromatic heterocycles. The molecule has 1 aromatic carbocycles. The van der Waals surface area contributed by atoms with Crippen molar-refractivity contribution in [3.63, 3.8) is 0 Å². The number of nitrogens with zero attached hydrogens (tertiary/aromatic N) is 3. The van der Waals surface area contributed by atoms with Gasteiger partial charge in [0.1, 0.15) is 6.26 Å². The number of likely N-dealkylation sites (N-methyl/N-ethyl adjacent to an activating group) is 1. The van der Waals surface area contributed by atoms with E-state index < -0.39 is 5.97 Å². The van der Waals surface area contributed by atoms with Gasteiger partial charge in [0.05, 0.1) is 6.61 Å². The molecule has 1 atom stereocenters. The summed E-state index contributed by atoms with van der Waals surface area (Å²) in [4.78, 5) is 20.8. The number of aromatic nitrogens is 1. The van der Waals surface area contributed by atoms with Crippen molar-refractivity contribution in [1.82, 2.24) is 9.88 Å². The predicted octanol–water partition coefficient (Wildman–Crippen LogP) is 3.56. The number of carbonyl (C=O) groups is 1. The van der Waals surface area contributed by atoms with E-state index in [9.17, 15) is 4.79 Å². The molecule has 1 spiro atoms. The summed E-state index contributed by atoms with van der Waals surface area (Å²) in [5.41, 5.74) is 2.03. The molecular formula is C22H29N3O3. The number of carbonyl (C=O) groups excluding carboxylic acids is 1. The molecular weight excluding hydrogens is 354 g/mol. The van der Waals surface area contributed by atoms with Gasteiger partial charge in [-0.25, -0.2) is 4.79 Å². The van der Waals surface area contributed by atoms with Crippen LogP contribution in [0.5, 0.6) is 0 Å². The Morgan fingerprint density at radius 1 is 1.29 bits per heavy atom. The van der Waals surface area contributed by atoms with Gasteiger partial charge in [-0.1, -0.05) is 30.3 Å². The van der Waals surface area contributed by atoms with Gasteiger partial charge in [-0.15, -0.1) is 0 Å². The second-order valence-electron chi connectivity index (χ2n) is 8.23. The van der Waals surface area contributed by atoms with Gasteiger partial charge in [-0.3, -0.25) is 0 Å². The molecule has 0 N–H and O–H groups in total. The molecule has 0 radical (unpaired) electrons. The standard InChI is InChI=1S/C22H29N3O3/c1-3-27-20(26)19-15-28-21(23-19)25-11-9-22(10-12-25)13-18(14-24(2)16-22)17-7-5-4-6-8-17/h4-8,15,18H,3,9-14,16H2,1-2H3. The second kappa shape index (κ2) is 7.95. The number of hydrogen-bond acceptors (Lipinski definition) is 6. The Morgan fingerprint density at radius 2 is 2.04 bits per heavy atom. The first kappa shape index (κ1) is 19.0. The van der Waals surface area contributed by atoms with E-state index in [1.165, 1.54) is 18.2 Å². The lowest BCUT2D eigenvalue weighted by atomic mass is 9.68. The normalized spacial score (nSPS) is 22.4. The number of anilines is 1. The zero-order chi connectivity index (χ0) is 19.6. The van der Waals surface area contributed by atoms with Gasteiger partial charge in [0, 0.05) is 26.2 Å². The number of piperidine rings is 2. The summed E-state index contributed by atoms with van der Waals surface area (Å²) >= 11 is 0. The van der Waals surface area contributed by atoms with E-state index in [-0.39, 0.29) is 5.69 Å². The van der Waals surface area contributed by atoms with Crippen LogP contribution in [0.3, 0.4) is 0 Å². The fraction of sp³-hybridized carbons (Fsp3) is 0.545. The zero-order valence-corrected chi connectivity index (χ0v) is 16.8. The summed E-state index contributed by atoms with van der Waals surface area (Å²) in [5, 5.41) is 0. The van der Waals surface area contributed by atoms with Gasteiger partial charge in [-0.05, 0) is 50.1 Å². The van der Waals surface area contributed by atoms with Crippen LogP contribution in [-0.2, 0) is 4.74 Å². The van der Waals surface area contributed by atoms with Crippen molar-refractivity contribution < 1.29 is 13.9 Å². The Labute approximate surface area is 166 Å². The van der Waals surface area contributed by atoms with Crippen molar-refractivity contribution in [1.29, 1.82) is 0 Å². The van der Waals surface area contributed by atoms with E-state index in [2.05, 4.69) is 52.2 Å². The van der Waals surface area contributed by atoms with Gasteiger partial charge in [0.15, 0.2) is 5.69 Å². The molecule has 2 saturated heterocycles. The highest BCUT2D eigenvalue weighted by Crippen LogP contribution is 2.45. The van der Waals surface area contributed by atoms with Gasteiger partial charge in [-0.2, -0.15) is 4.98 Å². The topological polar surface area (TPSA) is 58.8 Å². The van der Waals surface area contributed by atoms with Crippen LogP contribution >= 0.6 is 0 Å². The number of oxazole rings is 1. The Kier molecular flexibility index (Phi) is 5.40. The lowest BCUT2D eigenvalue weighted by Gasteiger charge is -2.49. The number of rotatable bonds is 4. The first-order valence-corrected chi connectivity index (χ1v) is 10.2. The molecule has 28 heavy (non-hydrogen) atoms. The highest BCUT2D eigenvalue weighted by Gasteiger charge is 2.42. The molecule has 2 aromatic rings. The number of ether oxygens (including phenoxy) is 1. The minimum atomic E-state index is -0.425. The summed E-state index contributed by atoms with van der Waals surface area (Å²) in [5.74, 6) is 0.161. The van der Waals surface area contributed by atoms with E-state index in [0.717, 1.165) is 39.0 Å². The minimum absolute atomic E-state index is 0.249. The van der Waals surface area contributed by atoms with Crippen LogP contribution < -0.4 is 4.90 Å². The summed E-state index contributed by atoms with van der Waals surface area (Å²) in [6.45, 7) is 6.19. The van der Waals surface area contributed by atoms with Crippen LogP contribution in [0.2, 0.25) is 0 Å². The maximum Gasteiger partial charge on any atom is 0.360 e. The smallest absolute Gasteiger partial charge is 0.360 e. The third-order valence-electron chi connectivity index (χ3n) is 6.16. The Morgan fingerprint density at radius 3 is 2.75 bits per heavy atom. The summed E-state index contributed by atoms with van der Waals surface area (Å²) in [7, 11) is 2.24. The van der Waals surface area contributed by atoms with Crippen molar-refractivity contribution in [3.8, 4) is 0 Å². The monoisotopic (exact) mass is 383 g/mol. The lowest BCUT2D eigenvalue weighted by molar-refractivity contribution is 0.0519. The number of likely N-dealkylation sites (tertiary alicyclic amines) is 1. The first-order chi connectivity index (χ1) is 13.6. The highest BCUT2D eigenvalue weighted by atomic mass is 16.5. The summed E-state index contributed by atoms with van der Waals surface area (Å²) in [6.07, 6.45) is 4.85. The van der Waals surface area contributed by atoms with Crippen LogP contribution in [0.25, 0.3) is 0 Å². The number of esters is 1. The largest absolute Gasteiger partial charge is 0.461 e. The average Bonchev–Trinajstić information content (AvgIpc) is 3.19. The predicted molar refractivity (Wildman–Crippen MR) is 108 cm³/mol. The fourth-order valence-electron chi connectivity index (χ4n) is 4.86. The van der Waals surface area contributed by atoms with Crippen LogP contribution in [0.1, 0.15) is 48.2 Å². The van der Waals surface area contributed by atoms with E-state index in [0.29, 0.717) is 24.0 Å². The number of benzene rings is 1. The maximum atomic E-state index is 11.8. The number of hydrogen-bond donors (Lipinski definition) is 0. The molecule has 4 rings (SSSR count). The third-order valence-corrected chi connectivity index (χ3v) is 6.16. The molecule has 1 unspecified atom stereocenters. The first-order valence-electron chi connectivity index (χ1n) is 10.2. The van der Waals surface area contributed by atoms with Gasteiger partial charge < -0.3 is 19.0 Å². The third kappa shape index (κ3) is 3.92. The summed E-state index contributed by atoms with van der Waals surface area (Å²) < 4.78 is 10.6. The van der Waals surface area contributed by atoms with E-state index in [4.69, 9.17) is 9.15 Å². The van der Waals surface area contributed by atoms with E-state index >= 15 is 0 Å². The van der Waals surface area contributed by atoms with Crippen molar-refractivity contribution in [2.45, 2.75) is 32.1 Å². The molecule has 150 valence electrons. The second-order valence-corrected chi connectivity index (χ2v) is 8.23. The van der Waals surface area contributed by atoms with Gasteiger partial charge in [0.2, 0.25) is 0 Å². The molecule has 6 heteroatoms. The van der Waals surface area contributed by atoms with Crippen LogP contribution in [0.4, 0.5) is 6.01 Å². The minimum Gasteiger partial charge on any atom is -0.461 e. The molecule has 3 heterocycles. The summed E-state index contributed by atoms with van der Waals surface area (Å²) in [6, 6.07) is 11.4. The van der Waals surface area contributed by atoms with Gasteiger partial charge in [0.25, 0.3) is 6.01 Å². The van der Waals surface area contributed by atoms with Crippen molar-refractivity contribution in [2.24, 2.45) is 5.41 Å². The molecule has 6 nitrogen and oxygen atoms in total. The van der Waals surface area contributed by atoms with Crippen LogP contribution in [-0.4, -0.2) is 55.7 Å². The maximum absolute atomic E-state index is 11.8.